The summed E-state index contributed by atoms with van der Waals surface area (Å²) in [6.45, 7) is 4.69. The van der Waals surface area contributed by atoms with Crippen LogP contribution in [0.3, 0.4) is 0 Å². The van der Waals surface area contributed by atoms with Crippen LogP contribution in [-0.2, 0) is 12.7 Å². The highest BCUT2D eigenvalue weighted by atomic mass is 19.4. The van der Waals surface area contributed by atoms with Crippen molar-refractivity contribution < 1.29 is 18.3 Å². The van der Waals surface area contributed by atoms with E-state index in [0.717, 1.165) is 17.7 Å². The zero-order chi connectivity index (χ0) is 19.2. The summed E-state index contributed by atoms with van der Waals surface area (Å²) in [6, 6.07) is 11.6. The Bertz CT molecular complexity index is 742. The highest BCUT2D eigenvalue weighted by molar-refractivity contribution is 5.80. The van der Waals surface area contributed by atoms with E-state index in [-0.39, 0.29) is 11.8 Å². The van der Waals surface area contributed by atoms with Gasteiger partial charge in [-0.15, -0.1) is 0 Å². The normalized spacial score (nSPS) is 13.3. The van der Waals surface area contributed by atoms with Crippen molar-refractivity contribution in [1.82, 2.24) is 10.6 Å². The van der Waals surface area contributed by atoms with Crippen LogP contribution in [0.1, 0.15) is 36.6 Å². The maximum Gasteiger partial charge on any atom is 0.416 e. The van der Waals surface area contributed by atoms with Gasteiger partial charge in [0.2, 0.25) is 0 Å². The van der Waals surface area contributed by atoms with Crippen LogP contribution >= 0.6 is 0 Å². The molecule has 2 aromatic rings. The van der Waals surface area contributed by atoms with Crippen LogP contribution in [0.2, 0.25) is 0 Å². The average molecular weight is 365 g/mol. The van der Waals surface area contributed by atoms with E-state index in [1.165, 1.54) is 6.07 Å². The molecule has 3 N–H and O–H groups in total. The molecule has 0 aliphatic rings. The van der Waals surface area contributed by atoms with Crippen molar-refractivity contribution in [2.45, 2.75) is 32.6 Å². The lowest BCUT2D eigenvalue weighted by atomic mass is 10.1. The molecule has 0 spiro atoms. The summed E-state index contributed by atoms with van der Waals surface area (Å²) in [4.78, 5) is 4.44. The number of phenols is 1. The molecule has 0 aliphatic carbocycles. The van der Waals surface area contributed by atoms with E-state index in [2.05, 4.69) is 15.6 Å². The number of aromatic hydroxyl groups is 1. The summed E-state index contributed by atoms with van der Waals surface area (Å²) < 4.78 is 38.6. The number of hydrogen-bond donors (Lipinski definition) is 3. The molecular weight excluding hydrogens is 343 g/mol. The lowest BCUT2D eigenvalue weighted by Crippen LogP contribution is -2.38. The summed E-state index contributed by atoms with van der Waals surface area (Å²) in [5.41, 5.74) is 0.761. The summed E-state index contributed by atoms with van der Waals surface area (Å²) in [5.74, 6) is 0.686. The molecule has 7 heteroatoms. The predicted molar refractivity (Wildman–Crippen MR) is 95.9 cm³/mol. The number of hydrogen-bond acceptors (Lipinski definition) is 2. The van der Waals surface area contributed by atoms with Crippen molar-refractivity contribution in [2.75, 3.05) is 6.54 Å². The average Bonchev–Trinajstić information content (AvgIpc) is 2.60. The summed E-state index contributed by atoms with van der Waals surface area (Å²) >= 11 is 0. The fourth-order valence-electron chi connectivity index (χ4n) is 2.36. The van der Waals surface area contributed by atoms with Gasteiger partial charge < -0.3 is 15.7 Å². The van der Waals surface area contributed by atoms with E-state index < -0.39 is 11.7 Å². The zero-order valence-corrected chi connectivity index (χ0v) is 14.6. The predicted octanol–water partition coefficient (Wildman–Crippen LogP) is 4.23. The van der Waals surface area contributed by atoms with E-state index in [4.69, 9.17) is 0 Å². The molecule has 0 aromatic heterocycles. The molecule has 1 unspecified atom stereocenters. The Kier molecular flexibility index (Phi) is 6.49. The van der Waals surface area contributed by atoms with E-state index >= 15 is 0 Å². The number of nitrogens with one attached hydrogen (secondary N) is 2. The molecule has 0 fully saturated rings. The van der Waals surface area contributed by atoms with Crippen molar-refractivity contribution in [1.29, 1.82) is 0 Å². The van der Waals surface area contributed by atoms with Gasteiger partial charge in [0.25, 0.3) is 0 Å². The number of phenolic OH excluding ortho intramolecular Hbond substituents is 1. The van der Waals surface area contributed by atoms with E-state index in [1.807, 2.05) is 6.92 Å². The van der Waals surface area contributed by atoms with Crippen molar-refractivity contribution in [3.63, 3.8) is 0 Å². The Labute approximate surface area is 150 Å². The maximum atomic E-state index is 12.9. The molecule has 2 aromatic carbocycles. The van der Waals surface area contributed by atoms with E-state index in [0.29, 0.717) is 24.6 Å². The number of benzene rings is 2. The summed E-state index contributed by atoms with van der Waals surface area (Å²) in [5, 5.41) is 15.5. The van der Waals surface area contributed by atoms with Crippen LogP contribution in [0.5, 0.6) is 5.75 Å². The third-order valence-electron chi connectivity index (χ3n) is 3.77. The first-order valence-electron chi connectivity index (χ1n) is 8.29. The van der Waals surface area contributed by atoms with Gasteiger partial charge in [-0.1, -0.05) is 24.3 Å². The number of rotatable bonds is 5. The van der Waals surface area contributed by atoms with Crippen molar-refractivity contribution in [3.05, 3.63) is 65.2 Å². The van der Waals surface area contributed by atoms with Crippen LogP contribution in [0.15, 0.2) is 53.5 Å². The largest absolute Gasteiger partial charge is 0.508 e. The fourth-order valence-corrected chi connectivity index (χ4v) is 2.36. The number of alkyl halides is 3. The Morgan fingerprint density at radius 1 is 1.15 bits per heavy atom. The Morgan fingerprint density at radius 2 is 1.85 bits per heavy atom. The second-order valence-corrected chi connectivity index (χ2v) is 5.85. The quantitative estimate of drug-likeness (QED) is 0.549. The van der Waals surface area contributed by atoms with Gasteiger partial charge in [0, 0.05) is 6.54 Å². The van der Waals surface area contributed by atoms with Crippen LogP contribution < -0.4 is 10.6 Å². The molecule has 26 heavy (non-hydrogen) atoms. The molecule has 0 amide bonds. The zero-order valence-electron chi connectivity index (χ0n) is 14.6. The van der Waals surface area contributed by atoms with Crippen molar-refractivity contribution in [2.24, 2.45) is 4.99 Å². The molecule has 0 heterocycles. The summed E-state index contributed by atoms with van der Waals surface area (Å²) in [6.07, 6.45) is -4.37. The van der Waals surface area contributed by atoms with Crippen molar-refractivity contribution >= 4 is 5.96 Å². The van der Waals surface area contributed by atoms with Gasteiger partial charge in [-0.25, -0.2) is 4.99 Å². The highest BCUT2D eigenvalue weighted by Gasteiger charge is 2.30. The molecule has 4 nitrogen and oxygen atoms in total. The van der Waals surface area contributed by atoms with Gasteiger partial charge >= 0.3 is 6.18 Å². The minimum atomic E-state index is -4.37. The molecule has 0 saturated carbocycles. The van der Waals surface area contributed by atoms with E-state index in [1.54, 1.807) is 37.3 Å². The fraction of sp³-hybridized carbons (Fsp3) is 0.316. The number of nitrogens with zero attached hydrogens (tertiary/aromatic N) is 1. The molecule has 0 saturated heterocycles. The number of aliphatic imine (C=N–C) groups is 1. The minimum absolute atomic E-state index is 0.181. The third-order valence-corrected chi connectivity index (χ3v) is 3.77. The first kappa shape index (κ1) is 19.6. The smallest absolute Gasteiger partial charge is 0.416 e. The first-order valence-corrected chi connectivity index (χ1v) is 8.29. The minimum Gasteiger partial charge on any atom is -0.508 e. The van der Waals surface area contributed by atoms with Gasteiger partial charge in [-0.2, -0.15) is 13.2 Å². The standard InChI is InChI=1S/C19H22F3N3O/c1-3-23-18(24-12-14-7-9-17(26)10-8-14)25-13(2)15-5-4-6-16(11-15)19(20,21)22/h4-11,13,26H,3,12H2,1-2H3,(H2,23,24,25). The highest BCUT2D eigenvalue weighted by Crippen LogP contribution is 2.30. The van der Waals surface area contributed by atoms with Crippen molar-refractivity contribution in [3.8, 4) is 5.75 Å². The first-order chi connectivity index (χ1) is 12.3. The van der Waals surface area contributed by atoms with E-state index in [9.17, 15) is 18.3 Å². The Morgan fingerprint density at radius 3 is 2.46 bits per heavy atom. The van der Waals surface area contributed by atoms with Gasteiger partial charge in [0.05, 0.1) is 18.2 Å². The Balaban J connectivity index is 2.11. The monoisotopic (exact) mass is 365 g/mol. The topological polar surface area (TPSA) is 56.7 Å². The summed E-state index contributed by atoms with van der Waals surface area (Å²) in [7, 11) is 0. The molecule has 0 radical (unpaired) electrons. The molecular formula is C19H22F3N3O. The van der Waals surface area contributed by atoms with Gasteiger partial charge in [0.15, 0.2) is 5.96 Å². The maximum absolute atomic E-state index is 12.9. The Hall–Kier alpha value is -2.70. The lowest BCUT2D eigenvalue weighted by Gasteiger charge is -2.19. The van der Waals surface area contributed by atoms with Crippen LogP contribution in [-0.4, -0.2) is 17.6 Å². The lowest BCUT2D eigenvalue weighted by molar-refractivity contribution is -0.137. The number of halogens is 3. The second kappa shape index (κ2) is 8.60. The van der Waals surface area contributed by atoms with Gasteiger partial charge in [-0.3, -0.25) is 0 Å². The molecule has 1 atom stereocenters. The van der Waals surface area contributed by atoms with Gasteiger partial charge in [0.1, 0.15) is 5.75 Å². The van der Waals surface area contributed by atoms with Crippen LogP contribution in [0, 0.1) is 0 Å². The SMILES string of the molecule is CCNC(=NCc1ccc(O)cc1)NC(C)c1cccc(C(F)(F)F)c1. The van der Waals surface area contributed by atoms with Crippen LogP contribution in [0.25, 0.3) is 0 Å². The van der Waals surface area contributed by atoms with Crippen LogP contribution in [0.4, 0.5) is 13.2 Å². The molecule has 0 bridgehead atoms. The van der Waals surface area contributed by atoms with Gasteiger partial charge in [-0.05, 0) is 49.2 Å². The number of guanidine groups is 1. The molecule has 140 valence electrons. The molecule has 0 aliphatic heterocycles. The second-order valence-electron chi connectivity index (χ2n) is 5.85. The third kappa shape index (κ3) is 5.68. The molecule has 2 rings (SSSR count).